The van der Waals surface area contributed by atoms with Crippen molar-refractivity contribution in [2.45, 2.75) is 37.7 Å². The molecule has 1 N–H and O–H groups in total. The summed E-state index contributed by atoms with van der Waals surface area (Å²) in [7, 11) is -1.89. The molecular formula is C21H28N2O4S. The molecule has 0 saturated carbocycles. The predicted molar refractivity (Wildman–Crippen MR) is 112 cm³/mol. The maximum absolute atomic E-state index is 12.7. The van der Waals surface area contributed by atoms with Crippen molar-refractivity contribution in [3.05, 3.63) is 48.0 Å². The van der Waals surface area contributed by atoms with Gasteiger partial charge in [-0.1, -0.05) is 0 Å². The van der Waals surface area contributed by atoms with Crippen LogP contribution in [0.25, 0.3) is 0 Å². The third-order valence-corrected chi connectivity index (χ3v) is 6.40. The quantitative estimate of drug-likeness (QED) is 0.760. The number of ether oxygens (including phenoxy) is 2. The lowest BCUT2D eigenvalue weighted by atomic mass is 10.1. The molecule has 0 aromatic heterocycles. The van der Waals surface area contributed by atoms with E-state index in [2.05, 4.69) is 9.62 Å². The van der Waals surface area contributed by atoms with Crippen LogP contribution in [0.2, 0.25) is 0 Å². The Morgan fingerprint density at radius 3 is 2.36 bits per heavy atom. The Morgan fingerprint density at radius 1 is 1.11 bits per heavy atom. The molecule has 2 aromatic rings. The van der Waals surface area contributed by atoms with E-state index in [4.69, 9.17) is 9.47 Å². The van der Waals surface area contributed by atoms with Crippen molar-refractivity contribution < 1.29 is 17.9 Å². The summed E-state index contributed by atoms with van der Waals surface area (Å²) in [6, 6.07) is 12.4. The number of nitrogens with one attached hydrogen (secondary N) is 1. The average Bonchev–Trinajstić information content (AvgIpc) is 2.70. The summed E-state index contributed by atoms with van der Waals surface area (Å²) < 4.78 is 38.9. The van der Waals surface area contributed by atoms with Gasteiger partial charge in [0, 0.05) is 31.6 Å². The minimum Gasteiger partial charge on any atom is -0.494 e. The first kappa shape index (κ1) is 20.5. The zero-order chi connectivity index (χ0) is 20.1. The topological polar surface area (TPSA) is 67.9 Å². The number of piperidine rings is 1. The van der Waals surface area contributed by atoms with E-state index in [9.17, 15) is 8.42 Å². The summed E-state index contributed by atoms with van der Waals surface area (Å²) >= 11 is 0. The van der Waals surface area contributed by atoms with Crippen molar-refractivity contribution >= 4 is 21.4 Å². The summed E-state index contributed by atoms with van der Waals surface area (Å²) in [6.07, 6.45) is 2.34. The fourth-order valence-corrected chi connectivity index (χ4v) is 4.55. The van der Waals surface area contributed by atoms with Gasteiger partial charge in [-0.3, -0.25) is 4.72 Å². The van der Waals surface area contributed by atoms with Gasteiger partial charge in [0.25, 0.3) is 10.0 Å². The van der Waals surface area contributed by atoms with Gasteiger partial charge in [0.15, 0.2) is 0 Å². The number of sulfonamides is 1. The number of nitrogens with zero attached hydrogens (tertiary/aromatic N) is 1. The van der Waals surface area contributed by atoms with Crippen LogP contribution >= 0.6 is 0 Å². The monoisotopic (exact) mass is 404 g/mol. The van der Waals surface area contributed by atoms with Gasteiger partial charge in [-0.25, -0.2) is 8.42 Å². The van der Waals surface area contributed by atoms with Gasteiger partial charge in [-0.2, -0.15) is 0 Å². The van der Waals surface area contributed by atoms with Crippen molar-refractivity contribution in [1.82, 2.24) is 0 Å². The van der Waals surface area contributed by atoms with Crippen LogP contribution in [0.3, 0.4) is 0 Å². The fraction of sp³-hybridized carbons (Fsp3) is 0.429. The predicted octanol–water partition coefficient (Wildman–Crippen LogP) is 3.81. The Kier molecular flexibility index (Phi) is 6.46. The zero-order valence-corrected chi connectivity index (χ0v) is 17.5. The van der Waals surface area contributed by atoms with Crippen LogP contribution < -0.4 is 14.4 Å². The van der Waals surface area contributed by atoms with E-state index < -0.39 is 10.0 Å². The number of hydrogen-bond donors (Lipinski definition) is 1. The van der Waals surface area contributed by atoms with E-state index in [1.165, 1.54) is 0 Å². The summed E-state index contributed by atoms with van der Waals surface area (Å²) in [5, 5.41) is 0. The molecule has 0 bridgehead atoms. The molecule has 2 aromatic carbocycles. The highest BCUT2D eigenvalue weighted by molar-refractivity contribution is 7.92. The Bertz CT molecular complexity index is 889. The van der Waals surface area contributed by atoms with Crippen LogP contribution in [0.15, 0.2) is 47.4 Å². The van der Waals surface area contributed by atoms with Crippen molar-refractivity contribution in [2.75, 3.05) is 36.4 Å². The highest BCUT2D eigenvalue weighted by Crippen LogP contribution is 2.26. The Morgan fingerprint density at radius 2 is 1.79 bits per heavy atom. The number of anilines is 2. The Labute approximate surface area is 167 Å². The Hall–Kier alpha value is -2.25. The second-order valence-electron chi connectivity index (χ2n) is 6.93. The van der Waals surface area contributed by atoms with Gasteiger partial charge in [0.05, 0.1) is 17.6 Å². The summed E-state index contributed by atoms with van der Waals surface area (Å²) in [5.41, 5.74) is 2.43. The second-order valence-corrected chi connectivity index (χ2v) is 8.62. The zero-order valence-electron chi connectivity index (χ0n) is 16.6. The molecule has 0 radical (unpaired) electrons. The molecule has 7 heteroatoms. The van der Waals surface area contributed by atoms with Gasteiger partial charge >= 0.3 is 0 Å². The second kappa shape index (κ2) is 8.84. The van der Waals surface area contributed by atoms with E-state index in [-0.39, 0.29) is 4.90 Å². The fourth-order valence-electron chi connectivity index (χ4n) is 3.41. The van der Waals surface area contributed by atoms with Gasteiger partial charge in [-0.15, -0.1) is 0 Å². The normalized spacial score (nSPS) is 15.5. The van der Waals surface area contributed by atoms with Crippen LogP contribution in [-0.2, 0) is 14.8 Å². The minimum absolute atomic E-state index is 0.221. The number of hydrogen-bond acceptors (Lipinski definition) is 5. The van der Waals surface area contributed by atoms with Crippen LogP contribution in [0.1, 0.15) is 25.3 Å². The number of benzene rings is 2. The molecule has 3 rings (SSSR count). The molecule has 1 aliphatic heterocycles. The van der Waals surface area contributed by atoms with Crippen molar-refractivity contribution in [2.24, 2.45) is 0 Å². The average molecular weight is 405 g/mol. The lowest BCUT2D eigenvalue weighted by molar-refractivity contribution is 0.0819. The molecule has 6 nitrogen and oxygen atoms in total. The number of aryl methyl sites for hydroxylation is 1. The van der Waals surface area contributed by atoms with Crippen molar-refractivity contribution in [3.63, 3.8) is 0 Å². The molecule has 1 heterocycles. The molecule has 28 heavy (non-hydrogen) atoms. The molecule has 0 amide bonds. The lowest BCUT2D eigenvalue weighted by Gasteiger charge is -2.33. The SMILES string of the molecule is CCOc1ccc(S(=O)(=O)Nc2ccc(N3CCC(OC)CC3)cc2)cc1C. The third kappa shape index (κ3) is 4.77. The maximum atomic E-state index is 12.7. The largest absolute Gasteiger partial charge is 0.494 e. The molecule has 1 saturated heterocycles. The number of rotatable bonds is 7. The molecular weight excluding hydrogens is 376 g/mol. The first-order valence-electron chi connectivity index (χ1n) is 9.57. The van der Waals surface area contributed by atoms with Gasteiger partial charge in [-0.05, 0) is 74.7 Å². The highest BCUT2D eigenvalue weighted by atomic mass is 32.2. The molecule has 0 aliphatic carbocycles. The highest BCUT2D eigenvalue weighted by Gasteiger charge is 2.19. The van der Waals surface area contributed by atoms with Crippen molar-refractivity contribution in [1.29, 1.82) is 0 Å². The van der Waals surface area contributed by atoms with E-state index in [1.807, 2.05) is 26.0 Å². The van der Waals surface area contributed by atoms with Gasteiger partial charge in [0.1, 0.15) is 5.75 Å². The van der Waals surface area contributed by atoms with Crippen LogP contribution in [-0.4, -0.2) is 41.3 Å². The third-order valence-electron chi connectivity index (χ3n) is 5.02. The summed E-state index contributed by atoms with van der Waals surface area (Å²) in [4.78, 5) is 2.52. The molecule has 0 unspecified atom stereocenters. The van der Waals surface area contributed by atoms with E-state index in [0.717, 1.165) is 37.2 Å². The minimum atomic E-state index is -3.65. The first-order chi connectivity index (χ1) is 13.4. The molecule has 0 spiro atoms. The first-order valence-corrected chi connectivity index (χ1v) is 11.1. The van der Waals surface area contributed by atoms with Crippen molar-refractivity contribution in [3.8, 4) is 5.75 Å². The van der Waals surface area contributed by atoms with Crippen LogP contribution in [0.4, 0.5) is 11.4 Å². The molecule has 152 valence electrons. The molecule has 1 aliphatic rings. The van der Waals surface area contributed by atoms with Gasteiger partial charge < -0.3 is 14.4 Å². The Balaban J connectivity index is 1.68. The van der Waals surface area contributed by atoms with Crippen LogP contribution in [0.5, 0.6) is 5.75 Å². The van der Waals surface area contributed by atoms with E-state index in [1.54, 1.807) is 37.4 Å². The van der Waals surface area contributed by atoms with E-state index in [0.29, 0.717) is 24.1 Å². The summed E-state index contributed by atoms with van der Waals surface area (Å²) in [5.74, 6) is 0.697. The molecule has 0 atom stereocenters. The molecule has 1 fully saturated rings. The summed E-state index contributed by atoms with van der Waals surface area (Å²) in [6.45, 7) is 6.16. The van der Waals surface area contributed by atoms with Gasteiger partial charge in [0.2, 0.25) is 0 Å². The standard InChI is InChI=1S/C21H28N2O4S/c1-4-27-21-10-9-20(15-16(21)2)28(24,25)22-17-5-7-18(8-6-17)23-13-11-19(26-3)12-14-23/h5-10,15,19,22H,4,11-14H2,1-3H3. The smallest absolute Gasteiger partial charge is 0.261 e. The number of methoxy groups -OCH3 is 1. The maximum Gasteiger partial charge on any atom is 0.261 e. The van der Waals surface area contributed by atoms with E-state index >= 15 is 0 Å². The van der Waals surface area contributed by atoms with Crippen LogP contribution in [0, 0.1) is 6.92 Å². The lowest BCUT2D eigenvalue weighted by Crippen LogP contribution is -2.36.